The summed E-state index contributed by atoms with van der Waals surface area (Å²) >= 11 is 0. The average molecular weight is 785 g/mol. The molecule has 2 unspecified atom stereocenters. The topological polar surface area (TPSA) is 158 Å². The van der Waals surface area contributed by atoms with E-state index in [-0.39, 0.29) is 52.2 Å². The number of nitrogens with one attached hydrogen (secondary N) is 2. The van der Waals surface area contributed by atoms with Crippen molar-refractivity contribution in [2.75, 3.05) is 22.4 Å². The summed E-state index contributed by atoms with van der Waals surface area (Å²) in [6, 6.07) is 24.7. The zero-order chi connectivity index (χ0) is 40.4. The molecule has 3 heterocycles. The number of aromatic amines is 1. The van der Waals surface area contributed by atoms with Crippen molar-refractivity contribution in [1.29, 1.82) is 0 Å². The molecule has 1 saturated carbocycles. The molecule has 2 fully saturated rings. The first-order valence-corrected chi connectivity index (χ1v) is 20.9. The highest BCUT2D eigenvalue weighted by molar-refractivity contribution is 7.92. The molecule has 1 saturated heterocycles. The lowest BCUT2D eigenvalue weighted by atomic mass is 9.75. The summed E-state index contributed by atoms with van der Waals surface area (Å²) in [5.41, 5.74) is 3.84. The normalized spacial score (nSPS) is 22.1. The molecule has 13 heteroatoms. The predicted molar refractivity (Wildman–Crippen MR) is 224 cm³/mol. The second-order valence-corrected chi connectivity index (χ2v) is 16.9. The first-order chi connectivity index (χ1) is 27.3. The van der Waals surface area contributed by atoms with Gasteiger partial charge in [-0.3, -0.25) is 9.52 Å². The minimum absolute atomic E-state index is 0.0376. The van der Waals surface area contributed by atoms with E-state index in [1.54, 1.807) is 23.1 Å². The van der Waals surface area contributed by atoms with Crippen LogP contribution in [0.3, 0.4) is 0 Å². The lowest BCUT2D eigenvalue weighted by molar-refractivity contribution is -0.152. The molecule has 2 atom stereocenters. The Balaban J connectivity index is 1.45. The fraction of sp³-hybridized carbons (Fsp3) is 0.295. The Morgan fingerprint density at radius 1 is 1.02 bits per heavy atom. The lowest BCUT2D eigenvalue weighted by Crippen LogP contribution is -2.38. The van der Waals surface area contributed by atoms with Gasteiger partial charge in [-0.2, -0.15) is 4.99 Å². The highest BCUT2D eigenvalue weighted by Crippen LogP contribution is 2.46. The lowest BCUT2D eigenvalue weighted by Gasteiger charge is -2.37. The van der Waals surface area contributed by atoms with E-state index < -0.39 is 21.9 Å². The third-order valence-corrected chi connectivity index (χ3v) is 11.2. The molecule has 3 aliphatic rings. The van der Waals surface area contributed by atoms with Crippen molar-refractivity contribution in [1.82, 2.24) is 4.98 Å². The van der Waals surface area contributed by atoms with Gasteiger partial charge in [-0.15, -0.1) is 0 Å². The Morgan fingerprint density at radius 3 is 2.30 bits per heavy atom. The van der Waals surface area contributed by atoms with Gasteiger partial charge in [-0.05, 0) is 72.4 Å². The molecule has 57 heavy (non-hydrogen) atoms. The number of amides is 1. The summed E-state index contributed by atoms with van der Waals surface area (Å²) in [4.78, 5) is 46.0. The highest BCUT2D eigenvalue weighted by Gasteiger charge is 2.39. The number of rotatable bonds is 9. The standard InChI is InChI=1S/C44H44N6O6S/c1-26-22-27(2)40(28(3)23-26)56-44(53)38-36(29-14-8-6-9-15-29)33(46-41(38)48-43(52)31-18-12-19-32(24-31)49-57(5,54)55)25-34-37(30-16-10-7-11-17-30)39(45-4)42(47-34)50-21-13-20-35(50)51/h6-12,14-19,24-28,40,47,49H,13,20-23H2,1-3,5H3,(H,46,48,52)/b33-25-. The molecule has 0 radical (unpaired) electrons. The summed E-state index contributed by atoms with van der Waals surface area (Å²) in [5, 5.41) is 11.5. The summed E-state index contributed by atoms with van der Waals surface area (Å²) in [7, 11) is -3.61. The highest BCUT2D eigenvalue weighted by atomic mass is 32.2. The zero-order valence-electron chi connectivity index (χ0n) is 32.2. The number of H-pyrrole nitrogens is 1. The molecule has 12 nitrogen and oxygen atoms in total. The van der Waals surface area contributed by atoms with E-state index in [9.17, 15) is 23.1 Å². The van der Waals surface area contributed by atoms with Crippen molar-refractivity contribution >= 4 is 62.5 Å². The third-order valence-electron chi connectivity index (χ3n) is 10.6. The number of carbonyl (C=O) groups excluding carboxylic acids is 2. The van der Waals surface area contributed by atoms with Crippen molar-refractivity contribution in [3.8, 4) is 11.1 Å². The van der Waals surface area contributed by atoms with Crippen molar-refractivity contribution in [2.24, 2.45) is 27.7 Å². The number of carbonyl (C=O) groups is 2. The van der Waals surface area contributed by atoms with Gasteiger partial charge >= 0.3 is 5.97 Å². The average Bonchev–Trinajstić information content (AvgIpc) is 3.87. The van der Waals surface area contributed by atoms with Crippen LogP contribution in [0.2, 0.25) is 0 Å². The van der Waals surface area contributed by atoms with Crippen LogP contribution >= 0.6 is 0 Å². The minimum atomic E-state index is -3.61. The van der Waals surface area contributed by atoms with Crippen LogP contribution in [0, 0.1) is 24.3 Å². The molecule has 3 aromatic carbocycles. The van der Waals surface area contributed by atoms with Crippen LogP contribution in [0.5, 0.6) is 0 Å². The van der Waals surface area contributed by atoms with E-state index >= 15 is 0 Å². The summed E-state index contributed by atoms with van der Waals surface area (Å²) in [6.45, 7) is 15.1. The van der Waals surface area contributed by atoms with Gasteiger partial charge in [0.25, 0.3) is 0 Å². The van der Waals surface area contributed by atoms with Gasteiger partial charge in [0.05, 0.1) is 18.5 Å². The van der Waals surface area contributed by atoms with E-state index in [0.717, 1.165) is 24.7 Å². The molecule has 0 bridgehead atoms. The number of sulfonamides is 1. The summed E-state index contributed by atoms with van der Waals surface area (Å²) in [5.74, 6) is -0.294. The molecular weight excluding hydrogens is 741 g/mol. The van der Waals surface area contributed by atoms with Crippen molar-refractivity contribution in [2.45, 2.75) is 52.6 Å². The van der Waals surface area contributed by atoms with Gasteiger partial charge in [0.2, 0.25) is 27.5 Å². The number of hydrogen-bond donors (Lipinski definition) is 3. The Labute approximate surface area is 332 Å². The number of aliphatic hydroxyl groups is 1. The largest absolute Gasteiger partial charge is 0.493 e. The maximum absolute atomic E-state index is 14.7. The SMILES string of the molecule is [C-]#[N+]c1c(N2CCCC2=O)[nH]c(/C=C2\N=C(N=C(O)c3cccc(NS(C)(=O)=O)c3)C(C(=O)OC3C(C)CC(C)CC3C)=C2c2ccccc2)c1-c1ccccc1. The quantitative estimate of drug-likeness (QED) is 0.0668. The number of aliphatic imine (C=N–C) groups is 2. The van der Waals surface area contributed by atoms with Crippen LogP contribution in [0.4, 0.5) is 17.2 Å². The number of aliphatic hydroxyl groups excluding tert-OH is 1. The van der Waals surface area contributed by atoms with Crippen molar-refractivity contribution in [3.05, 3.63) is 124 Å². The van der Waals surface area contributed by atoms with Crippen LogP contribution in [0.15, 0.2) is 106 Å². The fourth-order valence-corrected chi connectivity index (χ4v) is 8.83. The maximum Gasteiger partial charge on any atom is 0.343 e. The molecule has 1 aromatic heterocycles. The third kappa shape index (κ3) is 8.32. The van der Waals surface area contributed by atoms with Crippen LogP contribution in [0.1, 0.15) is 63.3 Å². The molecule has 0 spiro atoms. The molecule has 292 valence electrons. The van der Waals surface area contributed by atoms with Gasteiger partial charge in [0.15, 0.2) is 5.84 Å². The Kier molecular flexibility index (Phi) is 11.0. The number of ether oxygens (including phenoxy) is 1. The van der Waals surface area contributed by atoms with Gasteiger partial charge < -0.3 is 19.7 Å². The molecule has 1 aliphatic carbocycles. The maximum atomic E-state index is 14.7. The Morgan fingerprint density at radius 2 is 1.68 bits per heavy atom. The number of allylic oxidation sites excluding steroid dienone is 1. The van der Waals surface area contributed by atoms with Crippen LogP contribution in [-0.2, 0) is 24.3 Å². The smallest absolute Gasteiger partial charge is 0.343 e. The summed E-state index contributed by atoms with van der Waals surface area (Å²) in [6.07, 6.45) is 5.22. The van der Waals surface area contributed by atoms with Crippen molar-refractivity contribution in [3.63, 3.8) is 0 Å². The first-order valence-electron chi connectivity index (χ1n) is 19.0. The van der Waals surface area contributed by atoms with E-state index in [4.69, 9.17) is 16.3 Å². The number of aromatic nitrogens is 1. The number of amidine groups is 1. The van der Waals surface area contributed by atoms with Gasteiger partial charge in [0, 0.05) is 41.0 Å². The Bertz CT molecular complexity index is 2490. The fourth-order valence-electron chi connectivity index (χ4n) is 8.28. The van der Waals surface area contributed by atoms with E-state index in [1.807, 2.05) is 60.7 Å². The molecule has 4 aromatic rings. The Hall–Kier alpha value is -6.26. The molecule has 7 rings (SSSR count). The van der Waals surface area contributed by atoms with Gasteiger partial charge in [0.1, 0.15) is 17.5 Å². The predicted octanol–water partition coefficient (Wildman–Crippen LogP) is 8.56. The van der Waals surface area contributed by atoms with E-state index in [2.05, 4.69) is 40.3 Å². The van der Waals surface area contributed by atoms with Crippen LogP contribution < -0.4 is 9.62 Å². The van der Waals surface area contributed by atoms with E-state index in [0.29, 0.717) is 59.2 Å². The van der Waals surface area contributed by atoms with Crippen molar-refractivity contribution < 1.29 is 27.9 Å². The number of hydrogen-bond acceptors (Lipinski definition) is 7. The second kappa shape index (κ2) is 16.1. The second-order valence-electron chi connectivity index (χ2n) is 15.1. The number of anilines is 2. The number of esters is 1. The minimum Gasteiger partial charge on any atom is -0.493 e. The van der Waals surface area contributed by atoms with Gasteiger partial charge in [-0.1, -0.05) is 87.5 Å². The number of nitrogens with zero attached hydrogens (tertiary/aromatic N) is 4. The van der Waals surface area contributed by atoms with Crippen LogP contribution in [0.25, 0.3) is 27.6 Å². The molecule has 2 aliphatic heterocycles. The molecule has 1 amide bonds. The van der Waals surface area contributed by atoms with Crippen LogP contribution in [-0.4, -0.2) is 61.0 Å². The molecular formula is C44H44N6O6S. The molecule has 3 N–H and O–H groups in total. The van der Waals surface area contributed by atoms with E-state index in [1.165, 1.54) is 12.1 Å². The monoisotopic (exact) mass is 784 g/mol. The number of benzene rings is 3. The summed E-state index contributed by atoms with van der Waals surface area (Å²) < 4.78 is 32.8. The zero-order valence-corrected chi connectivity index (χ0v) is 33.0. The first kappa shape index (κ1) is 39.0. The van der Waals surface area contributed by atoms with Gasteiger partial charge in [-0.25, -0.2) is 23.0 Å².